The Hall–Kier alpha value is -2.97. The third-order valence-corrected chi connectivity index (χ3v) is 5.72. The highest BCUT2D eigenvalue weighted by Crippen LogP contribution is 2.32. The van der Waals surface area contributed by atoms with E-state index in [9.17, 15) is 4.79 Å². The van der Waals surface area contributed by atoms with Crippen molar-refractivity contribution in [3.63, 3.8) is 0 Å². The molecule has 0 spiro atoms. The van der Waals surface area contributed by atoms with Crippen LogP contribution in [0.15, 0.2) is 35.8 Å². The molecule has 7 nitrogen and oxygen atoms in total. The molecule has 0 radical (unpaired) electrons. The van der Waals surface area contributed by atoms with Crippen molar-refractivity contribution in [1.82, 2.24) is 19.7 Å². The molecule has 0 atom stereocenters. The number of pyridine rings is 1. The number of ether oxygens (including phenoxy) is 1. The lowest BCUT2D eigenvalue weighted by atomic mass is 10.1. The normalized spacial score (nSPS) is 11.3. The smallest absolute Gasteiger partial charge is 0.259 e. The Morgan fingerprint density at radius 1 is 1.27 bits per heavy atom. The van der Waals surface area contributed by atoms with E-state index in [1.165, 1.54) is 11.3 Å². The van der Waals surface area contributed by atoms with E-state index in [-0.39, 0.29) is 11.9 Å². The number of amides is 1. The van der Waals surface area contributed by atoms with Gasteiger partial charge in [0.05, 0.1) is 35.3 Å². The van der Waals surface area contributed by atoms with Crippen molar-refractivity contribution in [2.24, 2.45) is 0 Å². The first-order valence-corrected chi connectivity index (χ1v) is 10.6. The quantitative estimate of drug-likeness (QED) is 0.451. The molecule has 0 aliphatic heterocycles. The van der Waals surface area contributed by atoms with Gasteiger partial charge in [-0.05, 0) is 45.0 Å². The lowest BCUT2D eigenvalue weighted by Crippen LogP contribution is -2.14. The molecule has 3 heterocycles. The SMILES string of the molecule is COc1ccc(-c2csc(NC(=O)c3cc4cnn(C(C)C)c4nc3C)n2)cc1Cl. The molecule has 0 unspecified atom stereocenters. The van der Waals surface area contributed by atoms with Crippen molar-refractivity contribution in [3.8, 4) is 17.0 Å². The Balaban J connectivity index is 1.57. The van der Waals surface area contributed by atoms with Crippen molar-refractivity contribution < 1.29 is 9.53 Å². The number of methoxy groups -OCH3 is 1. The van der Waals surface area contributed by atoms with Gasteiger partial charge in [0.2, 0.25) is 0 Å². The Morgan fingerprint density at radius 2 is 2.07 bits per heavy atom. The molecule has 0 saturated heterocycles. The van der Waals surface area contributed by atoms with Gasteiger partial charge in [-0.25, -0.2) is 14.6 Å². The summed E-state index contributed by atoms with van der Waals surface area (Å²) < 4.78 is 7.02. The van der Waals surface area contributed by atoms with Crippen LogP contribution < -0.4 is 10.1 Å². The van der Waals surface area contributed by atoms with Crippen molar-refractivity contribution in [2.45, 2.75) is 26.8 Å². The number of halogens is 1. The highest BCUT2D eigenvalue weighted by molar-refractivity contribution is 7.14. The van der Waals surface area contributed by atoms with Gasteiger partial charge in [-0.2, -0.15) is 5.10 Å². The molecular weight excluding hydrogens is 422 g/mol. The number of nitrogens with one attached hydrogen (secondary N) is 1. The van der Waals surface area contributed by atoms with E-state index in [2.05, 4.69) is 20.4 Å². The van der Waals surface area contributed by atoms with Crippen LogP contribution in [0.25, 0.3) is 22.3 Å². The van der Waals surface area contributed by atoms with Crippen LogP contribution in [0.2, 0.25) is 5.02 Å². The molecule has 0 fully saturated rings. The summed E-state index contributed by atoms with van der Waals surface area (Å²) >= 11 is 7.55. The summed E-state index contributed by atoms with van der Waals surface area (Å²) in [5.74, 6) is 0.344. The molecule has 0 bridgehead atoms. The molecule has 1 N–H and O–H groups in total. The molecule has 1 amide bonds. The minimum Gasteiger partial charge on any atom is -0.495 e. The number of aryl methyl sites for hydroxylation is 1. The predicted octanol–water partition coefficient (Wildman–Crippen LogP) is 5.36. The van der Waals surface area contributed by atoms with Crippen LogP contribution in [0.5, 0.6) is 5.75 Å². The lowest BCUT2D eigenvalue weighted by molar-refractivity contribution is 0.102. The topological polar surface area (TPSA) is 81.9 Å². The van der Waals surface area contributed by atoms with Crippen LogP contribution >= 0.6 is 22.9 Å². The molecular formula is C21H20ClN5O2S. The maximum absolute atomic E-state index is 12.9. The van der Waals surface area contributed by atoms with Gasteiger partial charge < -0.3 is 4.74 Å². The minimum absolute atomic E-state index is 0.189. The first kappa shape index (κ1) is 20.3. The van der Waals surface area contributed by atoms with Gasteiger partial charge in [0, 0.05) is 22.4 Å². The first-order valence-electron chi connectivity index (χ1n) is 9.33. The highest BCUT2D eigenvalue weighted by atomic mass is 35.5. The standard InChI is InChI=1S/C21H20ClN5O2S/c1-11(2)27-19-14(9-23-27)7-15(12(3)24-19)20(28)26-21-25-17(10-30-21)13-5-6-18(29-4)16(22)8-13/h5-11H,1-4H3,(H,25,26,28). The minimum atomic E-state index is -0.257. The van der Waals surface area contributed by atoms with E-state index in [4.69, 9.17) is 16.3 Å². The fourth-order valence-corrected chi connectivity index (χ4v) is 4.10. The predicted molar refractivity (Wildman–Crippen MR) is 120 cm³/mol. The van der Waals surface area contributed by atoms with Gasteiger partial charge in [-0.3, -0.25) is 10.1 Å². The van der Waals surface area contributed by atoms with Gasteiger partial charge in [-0.1, -0.05) is 11.6 Å². The monoisotopic (exact) mass is 441 g/mol. The molecule has 9 heteroatoms. The maximum Gasteiger partial charge on any atom is 0.259 e. The van der Waals surface area contributed by atoms with Crippen molar-refractivity contribution in [3.05, 3.63) is 52.1 Å². The van der Waals surface area contributed by atoms with E-state index in [1.807, 2.05) is 43.0 Å². The molecule has 4 rings (SSSR count). The molecule has 30 heavy (non-hydrogen) atoms. The number of aromatic nitrogens is 4. The van der Waals surface area contributed by atoms with E-state index in [0.29, 0.717) is 27.2 Å². The van der Waals surface area contributed by atoms with Crippen LogP contribution in [0.3, 0.4) is 0 Å². The molecule has 3 aromatic heterocycles. The van der Waals surface area contributed by atoms with Gasteiger partial charge in [0.25, 0.3) is 5.91 Å². The number of hydrogen-bond acceptors (Lipinski definition) is 6. The van der Waals surface area contributed by atoms with Crippen LogP contribution in [0.4, 0.5) is 5.13 Å². The summed E-state index contributed by atoms with van der Waals surface area (Å²) in [6.07, 6.45) is 1.73. The third-order valence-electron chi connectivity index (χ3n) is 4.67. The van der Waals surface area contributed by atoms with Crippen LogP contribution in [-0.2, 0) is 0 Å². The Kier molecular flexibility index (Phi) is 5.44. The van der Waals surface area contributed by atoms with Crippen LogP contribution in [-0.4, -0.2) is 32.8 Å². The second-order valence-electron chi connectivity index (χ2n) is 7.06. The van der Waals surface area contributed by atoms with Crippen molar-refractivity contribution in [1.29, 1.82) is 0 Å². The Morgan fingerprint density at radius 3 is 2.77 bits per heavy atom. The zero-order chi connectivity index (χ0) is 21.4. The number of benzene rings is 1. The molecule has 0 saturated carbocycles. The summed E-state index contributed by atoms with van der Waals surface area (Å²) in [6, 6.07) is 7.46. The molecule has 0 aliphatic carbocycles. The molecule has 0 aliphatic rings. The number of carbonyl (C=O) groups excluding carboxylic acids is 1. The number of carbonyl (C=O) groups is 1. The zero-order valence-electron chi connectivity index (χ0n) is 16.9. The largest absolute Gasteiger partial charge is 0.495 e. The third kappa shape index (κ3) is 3.76. The Labute approximate surface area is 182 Å². The summed E-state index contributed by atoms with van der Waals surface area (Å²) in [7, 11) is 1.57. The number of fused-ring (bicyclic) bond motifs is 1. The van der Waals surface area contributed by atoms with E-state index < -0.39 is 0 Å². The van der Waals surface area contributed by atoms with Gasteiger partial charge in [0.1, 0.15) is 5.75 Å². The lowest BCUT2D eigenvalue weighted by Gasteiger charge is -2.09. The molecule has 154 valence electrons. The highest BCUT2D eigenvalue weighted by Gasteiger charge is 2.17. The fraction of sp³-hybridized carbons (Fsp3) is 0.238. The van der Waals surface area contributed by atoms with Crippen molar-refractivity contribution in [2.75, 3.05) is 12.4 Å². The average molecular weight is 442 g/mol. The van der Waals surface area contributed by atoms with Crippen LogP contribution in [0.1, 0.15) is 35.9 Å². The number of nitrogens with zero attached hydrogens (tertiary/aromatic N) is 4. The van der Waals surface area contributed by atoms with E-state index in [1.54, 1.807) is 25.4 Å². The van der Waals surface area contributed by atoms with Gasteiger partial charge in [0.15, 0.2) is 10.8 Å². The second kappa shape index (κ2) is 8.04. The summed E-state index contributed by atoms with van der Waals surface area (Å²) in [5, 5.41) is 10.9. The maximum atomic E-state index is 12.9. The number of hydrogen-bond donors (Lipinski definition) is 1. The molecule has 1 aromatic carbocycles. The van der Waals surface area contributed by atoms with Gasteiger partial charge in [-0.15, -0.1) is 11.3 Å². The average Bonchev–Trinajstić information content (AvgIpc) is 3.34. The first-order chi connectivity index (χ1) is 14.4. The molecule has 4 aromatic rings. The van der Waals surface area contributed by atoms with Crippen LogP contribution in [0, 0.1) is 6.92 Å². The van der Waals surface area contributed by atoms with E-state index in [0.717, 1.165) is 22.3 Å². The number of anilines is 1. The second-order valence-corrected chi connectivity index (χ2v) is 8.32. The summed E-state index contributed by atoms with van der Waals surface area (Å²) in [5.41, 5.74) is 3.48. The van der Waals surface area contributed by atoms with Gasteiger partial charge >= 0.3 is 0 Å². The summed E-state index contributed by atoms with van der Waals surface area (Å²) in [4.78, 5) is 22.0. The number of rotatable bonds is 5. The summed E-state index contributed by atoms with van der Waals surface area (Å²) in [6.45, 7) is 5.90. The number of thiazole rings is 1. The Bertz CT molecular complexity index is 1250. The zero-order valence-corrected chi connectivity index (χ0v) is 18.5. The van der Waals surface area contributed by atoms with Crippen molar-refractivity contribution >= 4 is 45.0 Å². The fourth-order valence-electron chi connectivity index (χ4n) is 3.13. The van der Waals surface area contributed by atoms with E-state index >= 15 is 0 Å².